The Morgan fingerprint density at radius 3 is 2.77 bits per heavy atom. The summed E-state index contributed by atoms with van der Waals surface area (Å²) in [6.07, 6.45) is 6.35. The Kier molecular flexibility index (Phi) is 6.70. The monoisotopic (exact) mass is 425 g/mol. The average molecular weight is 426 g/mol. The van der Waals surface area contributed by atoms with Gasteiger partial charge in [0.05, 0.1) is 32.1 Å². The third kappa shape index (κ3) is 5.15. The SMILES string of the molecule is COc1ccc(C(=O)N2CCCC(c3nc(C)ncc3COCC3CC3)C2)c(OC)c1. The molecule has 1 atom stereocenters. The Labute approximate surface area is 183 Å². The van der Waals surface area contributed by atoms with Gasteiger partial charge in [-0.25, -0.2) is 9.97 Å². The molecule has 0 N–H and O–H groups in total. The first-order chi connectivity index (χ1) is 15.1. The topological polar surface area (TPSA) is 73.8 Å². The van der Waals surface area contributed by atoms with E-state index in [4.69, 9.17) is 19.2 Å². The number of benzene rings is 1. The van der Waals surface area contributed by atoms with E-state index in [9.17, 15) is 4.79 Å². The maximum atomic E-state index is 13.3. The van der Waals surface area contributed by atoms with Crippen molar-refractivity contribution in [3.05, 3.63) is 47.0 Å². The fourth-order valence-electron chi connectivity index (χ4n) is 4.13. The lowest BCUT2D eigenvalue weighted by molar-refractivity contribution is 0.0700. The minimum absolute atomic E-state index is 0.0264. The van der Waals surface area contributed by atoms with Crippen molar-refractivity contribution in [1.82, 2.24) is 14.9 Å². The number of piperidine rings is 1. The Balaban J connectivity index is 1.50. The van der Waals surface area contributed by atoms with Crippen LogP contribution in [0.3, 0.4) is 0 Å². The highest BCUT2D eigenvalue weighted by Gasteiger charge is 2.30. The minimum atomic E-state index is -0.0264. The van der Waals surface area contributed by atoms with Crippen molar-refractivity contribution in [2.24, 2.45) is 5.92 Å². The van der Waals surface area contributed by atoms with Crippen LogP contribution in [0.15, 0.2) is 24.4 Å². The van der Waals surface area contributed by atoms with Gasteiger partial charge in [-0.3, -0.25) is 4.79 Å². The van der Waals surface area contributed by atoms with Crippen LogP contribution in [-0.4, -0.2) is 54.7 Å². The van der Waals surface area contributed by atoms with E-state index < -0.39 is 0 Å². The molecule has 1 amide bonds. The zero-order chi connectivity index (χ0) is 21.8. The second kappa shape index (κ2) is 9.64. The molecule has 7 nitrogen and oxygen atoms in total. The van der Waals surface area contributed by atoms with E-state index in [2.05, 4.69) is 4.98 Å². The normalized spacial score (nSPS) is 18.7. The smallest absolute Gasteiger partial charge is 0.257 e. The van der Waals surface area contributed by atoms with Crippen molar-refractivity contribution in [3.8, 4) is 11.5 Å². The van der Waals surface area contributed by atoms with E-state index in [-0.39, 0.29) is 11.8 Å². The largest absolute Gasteiger partial charge is 0.497 e. The number of rotatable bonds is 8. The van der Waals surface area contributed by atoms with E-state index in [1.54, 1.807) is 32.4 Å². The first-order valence-electron chi connectivity index (χ1n) is 11.0. The van der Waals surface area contributed by atoms with Crippen LogP contribution in [0.25, 0.3) is 0 Å². The Bertz CT molecular complexity index is 929. The number of amides is 1. The molecule has 1 aromatic heterocycles. The Hall–Kier alpha value is -2.67. The van der Waals surface area contributed by atoms with E-state index in [0.717, 1.165) is 49.0 Å². The summed E-state index contributed by atoms with van der Waals surface area (Å²) in [5, 5.41) is 0. The van der Waals surface area contributed by atoms with Crippen molar-refractivity contribution in [1.29, 1.82) is 0 Å². The summed E-state index contributed by atoms with van der Waals surface area (Å²) >= 11 is 0. The number of aromatic nitrogens is 2. The fourth-order valence-corrected chi connectivity index (χ4v) is 4.13. The number of aryl methyl sites for hydroxylation is 1. The molecule has 2 fully saturated rings. The fraction of sp³-hybridized carbons (Fsp3) is 0.542. The van der Waals surface area contributed by atoms with Gasteiger partial charge in [0.15, 0.2) is 0 Å². The van der Waals surface area contributed by atoms with Crippen LogP contribution in [0.4, 0.5) is 0 Å². The Morgan fingerprint density at radius 2 is 2.03 bits per heavy atom. The highest BCUT2D eigenvalue weighted by atomic mass is 16.5. The lowest BCUT2D eigenvalue weighted by Gasteiger charge is -2.33. The van der Waals surface area contributed by atoms with Gasteiger partial charge in [0.1, 0.15) is 17.3 Å². The number of hydrogen-bond donors (Lipinski definition) is 0. The van der Waals surface area contributed by atoms with E-state index in [1.807, 2.05) is 18.0 Å². The zero-order valence-corrected chi connectivity index (χ0v) is 18.6. The van der Waals surface area contributed by atoms with Gasteiger partial charge in [0.25, 0.3) is 5.91 Å². The van der Waals surface area contributed by atoms with Crippen LogP contribution >= 0.6 is 0 Å². The second-order valence-electron chi connectivity index (χ2n) is 8.44. The molecule has 0 spiro atoms. The van der Waals surface area contributed by atoms with Crippen molar-refractivity contribution < 1.29 is 19.0 Å². The summed E-state index contributed by atoms with van der Waals surface area (Å²) in [4.78, 5) is 24.4. The predicted octanol–water partition coefficient (Wildman–Crippen LogP) is 3.75. The first-order valence-corrected chi connectivity index (χ1v) is 11.0. The number of likely N-dealkylation sites (tertiary alicyclic amines) is 1. The second-order valence-corrected chi connectivity index (χ2v) is 8.44. The molecule has 1 aliphatic heterocycles. The van der Waals surface area contributed by atoms with Gasteiger partial charge in [-0.15, -0.1) is 0 Å². The molecule has 31 heavy (non-hydrogen) atoms. The molecule has 1 saturated carbocycles. The molecule has 1 unspecified atom stereocenters. The number of nitrogens with zero attached hydrogens (tertiary/aromatic N) is 3. The highest BCUT2D eigenvalue weighted by molar-refractivity contribution is 5.97. The molecule has 166 valence electrons. The van der Waals surface area contributed by atoms with Crippen LogP contribution in [0.5, 0.6) is 11.5 Å². The first kappa shape index (κ1) is 21.6. The molecule has 1 aromatic carbocycles. The summed E-state index contributed by atoms with van der Waals surface area (Å²) < 4.78 is 16.6. The molecule has 2 heterocycles. The molecule has 4 rings (SSSR count). The third-order valence-corrected chi connectivity index (χ3v) is 6.06. The lowest BCUT2D eigenvalue weighted by atomic mass is 9.91. The van der Waals surface area contributed by atoms with Gasteiger partial charge in [-0.2, -0.15) is 0 Å². The van der Waals surface area contributed by atoms with Crippen molar-refractivity contribution in [2.75, 3.05) is 33.9 Å². The standard InChI is InChI=1S/C24H31N3O4/c1-16-25-12-19(15-31-14-17-6-7-17)23(26-16)18-5-4-10-27(13-18)24(28)21-9-8-20(29-2)11-22(21)30-3/h8-9,11-12,17-18H,4-7,10,13-15H2,1-3H3. The van der Waals surface area contributed by atoms with Gasteiger partial charge >= 0.3 is 0 Å². The number of methoxy groups -OCH3 is 2. The maximum absolute atomic E-state index is 13.3. The van der Waals surface area contributed by atoms with Gasteiger partial charge in [0.2, 0.25) is 0 Å². The molecular weight excluding hydrogens is 394 g/mol. The van der Waals surface area contributed by atoms with Gasteiger partial charge < -0.3 is 19.1 Å². The van der Waals surface area contributed by atoms with Crippen LogP contribution < -0.4 is 9.47 Å². The zero-order valence-electron chi connectivity index (χ0n) is 18.6. The summed E-state index contributed by atoms with van der Waals surface area (Å²) in [5.74, 6) is 2.80. The average Bonchev–Trinajstić information content (AvgIpc) is 3.63. The van der Waals surface area contributed by atoms with Crippen LogP contribution in [0.2, 0.25) is 0 Å². The van der Waals surface area contributed by atoms with Crippen molar-refractivity contribution >= 4 is 5.91 Å². The molecule has 7 heteroatoms. The number of carbonyl (C=O) groups excluding carboxylic acids is 1. The maximum Gasteiger partial charge on any atom is 0.257 e. The van der Waals surface area contributed by atoms with Gasteiger partial charge in [-0.1, -0.05) is 0 Å². The predicted molar refractivity (Wildman–Crippen MR) is 117 cm³/mol. The third-order valence-electron chi connectivity index (χ3n) is 6.06. The number of carbonyl (C=O) groups is 1. The van der Waals surface area contributed by atoms with E-state index in [1.165, 1.54) is 12.8 Å². The molecule has 2 aromatic rings. The van der Waals surface area contributed by atoms with Gasteiger partial charge in [0, 0.05) is 43.4 Å². The van der Waals surface area contributed by atoms with Gasteiger partial charge in [-0.05, 0) is 50.7 Å². The minimum Gasteiger partial charge on any atom is -0.497 e. The molecule has 1 aliphatic carbocycles. The summed E-state index contributed by atoms with van der Waals surface area (Å²) in [6.45, 7) is 4.59. The molecule has 0 bridgehead atoms. The van der Waals surface area contributed by atoms with Crippen LogP contribution in [0, 0.1) is 12.8 Å². The Morgan fingerprint density at radius 1 is 1.19 bits per heavy atom. The van der Waals surface area contributed by atoms with Crippen LogP contribution in [-0.2, 0) is 11.3 Å². The highest BCUT2D eigenvalue weighted by Crippen LogP contribution is 2.32. The summed E-state index contributed by atoms with van der Waals surface area (Å²) in [7, 11) is 3.17. The number of ether oxygens (including phenoxy) is 3. The molecule has 1 saturated heterocycles. The van der Waals surface area contributed by atoms with E-state index in [0.29, 0.717) is 30.2 Å². The lowest BCUT2D eigenvalue weighted by Crippen LogP contribution is -2.39. The van der Waals surface area contributed by atoms with Crippen molar-refractivity contribution in [3.63, 3.8) is 0 Å². The van der Waals surface area contributed by atoms with Crippen molar-refractivity contribution in [2.45, 2.75) is 45.1 Å². The summed E-state index contributed by atoms with van der Waals surface area (Å²) in [5.41, 5.74) is 2.60. The molecule has 2 aliphatic rings. The quantitative estimate of drug-likeness (QED) is 0.641. The molecule has 0 radical (unpaired) electrons. The molecular formula is C24H31N3O4. The summed E-state index contributed by atoms with van der Waals surface area (Å²) in [6, 6.07) is 5.31. The number of hydrogen-bond acceptors (Lipinski definition) is 6. The van der Waals surface area contributed by atoms with E-state index >= 15 is 0 Å². The van der Waals surface area contributed by atoms with Crippen LogP contribution in [0.1, 0.15) is 59.0 Å².